The molecule has 0 atom stereocenters. The van der Waals surface area contributed by atoms with Gasteiger partial charge < -0.3 is 19.4 Å². The Morgan fingerprint density at radius 3 is 2.48 bits per heavy atom. The maximum Gasteiger partial charge on any atom is 0.338 e. The number of anilines is 1. The summed E-state index contributed by atoms with van der Waals surface area (Å²) in [5.41, 5.74) is 2.05. The summed E-state index contributed by atoms with van der Waals surface area (Å²) in [6.07, 6.45) is 1.88. The molecule has 0 aliphatic heterocycles. The molecule has 0 bridgehead atoms. The molecule has 0 aliphatic carbocycles. The fourth-order valence-electron chi connectivity index (χ4n) is 2.83. The van der Waals surface area contributed by atoms with E-state index in [-0.39, 0.29) is 18.4 Å². The molecule has 1 N–H and O–H groups in total. The molecule has 0 radical (unpaired) electrons. The van der Waals surface area contributed by atoms with Crippen LogP contribution in [-0.2, 0) is 16.1 Å². The van der Waals surface area contributed by atoms with Crippen molar-refractivity contribution in [3.05, 3.63) is 60.3 Å². The normalized spacial score (nSPS) is 10.6. The Balaban J connectivity index is 1.65. The molecule has 0 unspecified atom stereocenters. The third-order valence-corrected chi connectivity index (χ3v) is 4.05. The summed E-state index contributed by atoms with van der Waals surface area (Å²) < 4.78 is 12.3. The molecule has 0 fully saturated rings. The van der Waals surface area contributed by atoms with Gasteiger partial charge in [0.2, 0.25) is 5.91 Å². The van der Waals surface area contributed by atoms with Crippen LogP contribution in [0.2, 0.25) is 0 Å². The van der Waals surface area contributed by atoms with Crippen LogP contribution in [0, 0.1) is 0 Å². The molecule has 2 aromatic carbocycles. The van der Waals surface area contributed by atoms with Crippen LogP contribution >= 0.6 is 0 Å². The Kier molecular flexibility index (Phi) is 5.76. The molecule has 1 aromatic heterocycles. The predicted molar refractivity (Wildman–Crippen MR) is 104 cm³/mol. The number of rotatable bonds is 7. The number of hydrogen-bond donors (Lipinski definition) is 1. The van der Waals surface area contributed by atoms with Gasteiger partial charge in [-0.05, 0) is 62.4 Å². The van der Waals surface area contributed by atoms with Crippen molar-refractivity contribution in [1.29, 1.82) is 0 Å². The van der Waals surface area contributed by atoms with Gasteiger partial charge in [0.15, 0.2) is 0 Å². The summed E-state index contributed by atoms with van der Waals surface area (Å²) in [5.74, 6) is 0.291. The van der Waals surface area contributed by atoms with E-state index in [1.807, 2.05) is 42.0 Å². The number of carbonyl (C=O) groups is 2. The summed E-state index contributed by atoms with van der Waals surface area (Å²) >= 11 is 0. The van der Waals surface area contributed by atoms with Crippen LogP contribution in [0.1, 0.15) is 24.2 Å². The van der Waals surface area contributed by atoms with Gasteiger partial charge in [0.1, 0.15) is 12.3 Å². The van der Waals surface area contributed by atoms with Gasteiger partial charge in [-0.3, -0.25) is 4.79 Å². The van der Waals surface area contributed by atoms with Gasteiger partial charge in [0.05, 0.1) is 18.8 Å². The summed E-state index contributed by atoms with van der Waals surface area (Å²) in [4.78, 5) is 24.0. The Morgan fingerprint density at radius 2 is 1.78 bits per heavy atom. The van der Waals surface area contributed by atoms with Gasteiger partial charge >= 0.3 is 5.97 Å². The Morgan fingerprint density at radius 1 is 1.00 bits per heavy atom. The van der Waals surface area contributed by atoms with Gasteiger partial charge in [0.25, 0.3) is 0 Å². The van der Waals surface area contributed by atoms with E-state index in [0.717, 1.165) is 16.7 Å². The SMILES string of the molecule is CCOC(=O)c1ccc(NC(=O)Cn2ccc3cc(OCC)ccc32)cc1. The first-order chi connectivity index (χ1) is 13.1. The maximum absolute atomic E-state index is 12.4. The van der Waals surface area contributed by atoms with E-state index in [9.17, 15) is 9.59 Å². The van der Waals surface area contributed by atoms with Crippen LogP contribution in [0.3, 0.4) is 0 Å². The van der Waals surface area contributed by atoms with Crippen LogP contribution in [-0.4, -0.2) is 29.7 Å². The largest absolute Gasteiger partial charge is 0.494 e. The van der Waals surface area contributed by atoms with Crippen LogP contribution in [0.25, 0.3) is 10.9 Å². The van der Waals surface area contributed by atoms with E-state index < -0.39 is 0 Å². The highest BCUT2D eigenvalue weighted by Gasteiger charge is 2.09. The van der Waals surface area contributed by atoms with Crippen molar-refractivity contribution in [2.24, 2.45) is 0 Å². The molecule has 6 heteroatoms. The number of nitrogens with zero attached hydrogens (tertiary/aromatic N) is 1. The molecular formula is C21H22N2O4. The zero-order chi connectivity index (χ0) is 19.2. The van der Waals surface area contributed by atoms with Gasteiger partial charge in [-0.15, -0.1) is 0 Å². The third-order valence-electron chi connectivity index (χ3n) is 4.05. The fourth-order valence-corrected chi connectivity index (χ4v) is 2.83. The number of fused-ring (bicyclic) bond motifs is 1. The quantitative estimate of drug-likeness (QED) is 0.645. The number of nitrogens with one attached hydrogen (secondary N) is 1. The molecule has 1 heterocycles. The molecule has 0 saturated heterocycles. The molecule has 0 spiro atoms. The Hall–Kier alpha value is -3.28. The molecule has 0 saturated carbocycles. The van der Waals surface area contributed by atoms with Crippen molar-refractivity contribution in [1.82, 2.24) is 4.57 Å². The summed E-state index contributed by atoms with van der Waals surface area (Å²) in [7, 11) is 0. The predicted octanol–water partition coefficient (Wildman–Crippen LogP) is 3.86. The van der Waals surface area contributed by atoms with Crippen molar-refractivity contribution >= 4 is 28.5 Å². The lowest BCUT2D eigenvalue weighted by molar-refractivity contribution is -0.116. The highest BCUT2D eigenvalue weighted by atomic mass is 16.5. The first-order valence-electron chi connectivity index (χ1n) is 8.89. The molecule has 6 nitrogen and oxygen atoms in total. The first kappa shape index (κ1) is 18.5. The lowest BCUT2D eigenvalue weighted by atomic mass is 10.2. The number of amides is 1. The average molecular weight is 366 g/mol. The Labute approximate surface area is 157 Å². The molecule has 3 rings (SSSR count). The summed E-state index contributed by atoms with van der Waals surface area (Å²) in [5, 5.41) is 3.86. The molecular weight excluding hydrogens is 344 g/mol. The number of aromatic nitrogens is 1. The standard InChI is InChI=1S/C21H22N2O4/c1-3-26-18-9-10-19-16(13-18)11-12-23(19)14-20(24)22-17-7-5-15(6-8-17)21(25)27-4-2/h5-13H,3-4,14H2,1-2H3,(H,22,24). The zero-order valence-electron chi connectivity index (χ0n) is 15.4. The molecule has 0 aliphatic rings. The second-order valence-electron chi connectivity index (χ2n) is 5.94. The van der Waals surface area contributed by atoms with Crippen LogP contribution in [0.5, 0.6) is 5.75 Å². The van der Waals surface area contributed by atoms with E-state index in [1.54, 1.807) is 31.2 Å². The van der Waals surface area contributed by atoms with Gasteiger partial charge in [-0.25, -0.2) is 4.79 Å². The van der Waals surface area contributed by atoms with E-state index in [1.165, 1.54) is 0 Å². The third kappa shape index (κ3) is 4.47. The number of hydrogen-bond acceptors (Lipinski definition) is 4. The lowest BCUT2D eigenvalue weighted by Crippen LogP contribution is -2.18. The highest BCUT2D eigenvalue weighted by molar-refractivity contribution is 5.94. The Bertz CT molecular complexity index is 944. The van der Waals surface area contributed by atoms with Gasteiger partial charge in [-0.2, -0.15) is 0 Å². The van der Waals surface area contributed by atoms with E-state index in [2.05, 4.69) is 5.32 Å². The van der Waals surface area contributed by atoms with Crippen molar-refractivity contribution < 1.29 is 19.1 Å². The van der Waals surface area contributed by atoms with E-state index in [0.29, 0.717) is 24.5 Å². The summed E-state index contributed by atoms with van der Waals surface area (Å²) in [6.45, 7) is 4.84. The first-order valence-corrected chi connectivity index (χ1v) is 8.89. The highest BCUT2D eigenvalue weighted by Crippen LogP contribution is 2.22. The van der Waals surface area contributed by atoms with Crippen molar-refractivity contribution in [2.75, 3.05) is 18.5 Å². The smallest absolute Gasteiger partial charge is 0.338 e. The number of carbonyl (C=O) groups excluding carboxylic acids is 2. The minimum Gasteiger partial charge on any atom is -0.494 e. The second-order valence-corrected chi connectivity index (χ2v) is 5.94. The minimum atomic E-state index is -0.374. The number of esters is 1. The zero-order valence-corrected chi connectivity index (χ0v) is 15.4. The summed E-state index contributed by atoms with van der Waals surface area (Å²) in [6, 6.07) is 14.4. The molecule has 27 heavy (non-hydrogen) atoms. The monoisotopic (exact) mass is 366 g/mol. The van der Waals surface area contributed by atoms with Crippen molar-refractivity contribution in [3.8, 4) is 5.75 Å². The van der Waals surface area contributed by atoms with Crippen molar-refractivity contribution in [2.45, 2.75) is 20.4 Å². The number of ether oxygens (including phenoxy) is 2. The van der Waals surface area contributed by atoms with E-state index >= 15 is 0 Å². The van der Waals surface area contributed by atoms with Gasteiger partial charge in [0, 0.05) is 22.8 Å². The maximum atomic E-state index is 12.4. The van der Waals surface area contributed by atoms with Gasteiger partial charge in [-0.1, -0.05) is 0 Å². The average Bonchev–Trinajstić information content (AvgIpc) is 3.05. The minimum absolute atomic E-state index is 0.148. The number of benzene rings is 2. The molecule has 140 valence electrons. The van der Waals surface area contributed by atoms with Crippen LogP contribution in [0.4, 0.5) is 5.69 Å². The topological polar surface area (TPSA) is 69.6 Å². The second kappa shape index (κ2) is 8.40. The van der Waals surface area contributed by atoms with E-state index in [4.69, 9.17) is 9.47 Å². The fraction of sp³-hybridized carbons (Fsp3) is 0.238. The van der Waals surface area contributed by atoms with Crippen LogP contribution in [0.15, 0.2) is 54.7 Å². The van der Waals surface area contributed by atoms with Crippen LogP contribution < -0.4 is 10.1 Å². The molecule has 3 aromatic rings. The molecule has 1 amide bonds. The van der Waals surface area contributed by atoms with Crippen molar-refractivity contribution in [3.63, 3.8) is 0 Å². The lowest BCUT2D eigenvalue weighted by Gasteiger charge is -2.09.